The topological polar surface area (TPSA) is 55.1 Å². The van der Waals surface area contributed by atoms with Crippen LogP contribution >= 0.6 is 0 Å². The lowest BCUT2D eigenvalue weighted by Gasteiger charge is -2.20. The Labute approximate surface area is 67.3 Å². The molecule has 1 atom stereocenters. The van der Waals surface area contributed by atoms with E-state index in [2.05, 4.69) is 19.2 Å². The predicted octanol–water partition coefficient (Wildman–Crippen LogP) is 0.250. The molecule has 0 aromatic heterocycles. The molecule has 0 spiro atoms. The van der Waals surface area contributed by atoms with E-state index in [9.17, 15) is 4.79 Å². The van der Waals surface area contributed by atoms with E-state index in [-0.39, 0.29) is 17.4 Å². The highest BCUT2D eigenvalue weighted by atomic mass is 16.2. The lowest BCUT2D eigenvalue weighted by molar-refractivity contribution is -0.122. The van der Waals surface area contributed by atoms with Gasteiger partial charge in [0.1, 0.15) is 0 Å². The van der Waals surface area contributed by atoms with Gasteiger partial charge in [-0.25, -0.2) is 0 Å². The van der Waals surface area contributed by atoms with Gasteiger partial charge in [-0.15, -0.1) is 0 Å². The van der Waals surface area contributed by atoms with Crippen LogP contribution in [0, 0.1) is 5.41 Å². The molecule has 1 rings (SSSR count). The molecule has 11 heavy (non-hydrogen) atoms. The SMILES string of the molecule is CC1(C)CCC(N)C(=O)NC1. The van der Waals surface area contributed by atoms with Gasteiger partial charge in [-0.3, -0.25) is 4.79 Å². The monoisotopic (exact) mass is 156 g/mol. The van der Waals surface area contributed by atoms with Crippen LogP contribution < -0.4 is 11.1 Å². The van der Waals surface area contributed by atoms with E-state index >= 15 is 0 Å². The standard InChI is InChI=1S/C8H16N2O/c1-8(2)4-3-6(9)7(11)10-5-8/h6H,3-5,9H2,1-2H3,(H,10,11). The summed E-state index contributed by atoms with van der Waals surface area (Å²) in [5.41, 5.74) is 5.80. The fourth-order valence-corrected chi connectivity index (χ4v) is 1.22. The highest BCUT2D eigenvalue weighted by Gasteiger charge is 2.26. The van der Waals surface area contributed by atoms with E-state index < -0.39 is 0 Å². The molecule has 1 saturated heterocycles. The maximum Gasteiger partial charge on any atom is 0.236 e. The first-order valence-electron chi connectivity index (χ1n) is 4.05. The third kappa shape index (κ3) is 2.19. The van der Waals surface area contributed by atoms with Crippen LogP contribution in [0.2, 0.25) is 0 Å². The van der Waals surface area contributed by atoms with Crippen molar-refractivity contribution in [2.45, 2.75) is 32.7 Å². The zero-order valence-electron chi connectivity index (χ0n) is 7.18. The molecule has 1 heterocycles. The summed E-state index contributed by atoms with van der Waals surface area (Å²) in [5.74, 6) is -0.00410. The Hall–Kier alpha value is -0.570. The van der Waals surface area contributed by atoms with Gasteiger partial charge in [-0.05, 0) is 18.3 Å². The van der Waals surface area contributed by atoms with Gasteiger partial charge >= 0.3 is 0 Å². The molecule has 0 saturated carbocycles. The molecule has 0 aromatic rings. The highest BCUT2D eigenvalue weighted by Crippen LogP contribution is 2.23. The molecule has 1 aliphatic heterocycles. The molecule has 3 heteroatoms. The van der Waals surface area contributed by atoms with Crippen molar-refractivity contribution in [2.75, 3.05) is 6.54 Å². The van der Waals surface area contributed by atoms with Gasteiger partial charge in [0.15, 0.2) is 0 Å². The molecular formula is C8H16N2O. The lowest BCUT2D eigenvalue weighted by atomic mass is 9.88. The van der Waals surface area contributed by atoms with Crippen molar-refractivity contribution in [2.24, 2.45) is 11.1 Å². The van der Waals surface area contributed by atoms with Gasteiger partial charge in [-0.1, -0.05) is 13.8 Å². The highest BCUT2D eigenvalue weighted by molar-refractivity contribution is 5.81. The van der Waals surface area contributed by atoms with Crippen LogP contribution in [0.4, 0.5) is 0 Å². The minimum Gasteiger partial charge on any atom is -0.354 e. The van der Waals surface area contributed by atoms with Crippen molar-refractivity contribution in [3.8, 4) is 0 Å². The molecule has 0 radical (unpaired) electrons. The van der Waals surface area contributed by atoms with Crippen LogP contribution in [0.1, 0.15) is 26.7 Å². The average molecular weight is 156 g/mol. The molecule has 3 N–H and O–H groups in total. The number of hydrogen-bond acceptors (Lipinski definition) is 2. The second-order valence-electron chi connectivity index (χ2n) is 4.03. The molecule has 1 unspecified atom stereocenters. The molecule has 0 aliphatic carbocycles. The Balaban J connectivity index is 2.58. The fourth-order valence-electron chi connectivity index (χ4n) is 1.22. The first-order chi connectivity index (χ1) is 5.01. The van der Waals surface area contributed by atoms with E-state index in [4.69, 9.17) is 5.73 Å². The smallest absolute Gasteiger partial charge is 0.236 e. The van der Waals surface area contributed by atoms with Gasteiger partial charge in [0.25, 0.3) is 0 Å². The zero-order chi connectivity index (χ0) is 8.48. The van der Waals surface area contributed by atoms with Gasteiger partial charge in [-0.2, -0.15) is 0 Å². The normalized spacial score (nSPS) is 30.8. The summed E-state index contributed by atoms with van der Waals surface area (Å²) in [6.45, 7) is 5.04. The quantitative estimate of drug-likeness (QED) is 0.528. The van der Waals surface area contributed by atoms with Gasteiger partial charge < -0.3 is 11.1 Å². The number of hydrogen-bond donors (Lipinski definition) is 2. The third-order valence-corrected chi connectivity index (χ3v) is 2.21. The molecular weight excluding hydrogens is 140 g/mol. The maximum absolute atomic E-state index is 11.1. The zero-order valence-corrected chi connectivity index (χ0v) is 7.18. The Kier molecular flexibility index (Phi) is 2.18. The second kappa shape index (κ2) is 2.81. The molecule has 3 nitrogen and oxygen atoms in total. The van der Waals surface area contributed by atoms with E-state index in [1.54, 1.807) is 0 Å². The Morgan fingerprint density at radius 2 is 2.27 bits per heavy atom. The second-order valence-corrected chi connectivity index (χ2v) is 4.03. The van der Waals surface area contributed by atoms with Gasteiger partial charge in [0, 0.05) is 6.54 Å². The van der Waals surface area contributed by atoms with Crippen molar-refractivity contribution in [1.29, 1.82) is 0 Å². The number of carbonyl (C=O) groups is 1. The third-order valence-electron chi connectivity index (χ3n) is 2.21. The van der Waals surface area contributed by atoms with Crippen molar-refractivity contribution in [3.05, 3.63) is 0 Å². The Morgan fingerprint density at radius 1 is 1.64 bits per heavy atom. The number of carbonyl (C=O) groups excluding carboxylic acids is 1. The predicted molar refractivity (Wildman–Crippen MR) is 44.0 cm³/mol. The largest absolute Gasteiger partial charge is 0.354 e. The fraction of sp³-hybridized carbons (Fsp3) is 0.875. The summed E-state index contributed by atoms with van der Waals surface area (Å²) >= 11 is 0. The summed E-state index contributed by atoms with van der Waals surface area (Å²) in [6.07, 6.45) is 1.83. The average Bonchev–Trinajstić information content (AvgIpc) is 2.03. The number of amides is 1. The summed E-state index contributed by atoms with van der Waals surface area (Å²) in [4.78, 5) is 11.1. The minimum atomic E-state index is -0.295. The lowest BCUT2D eigenvalue weighted by Crippen LogP contribution is -2.39. The van der Waals surface area contributed by atoms with Crippen LogP contribution in [-0.2, 0) is 4.79 Å². The first kappa shape index (κ1) is 8.53. The molecule has 1 fully saturated rings. The Morgan fingerprint density at radius 3 is 2.91 bits per heavy atom. The molecule has 1 amide bonds. The number of rotatable bonds is 0. The molecule has 0 bridgehead atoms. The minimum absolute atomic E-state index is 0.00410. The number of nitrogens with two attached hydrogens (primary N) is 1. The summed E-state index contributed by atoms with van der Waals surface area (Å²) < 4.78 is 0. The van der Waals surface area contributed by atoms with Crippen LogP contribution in [0.5, 0.6) is 0 Å². The van der Waals surface area contributed by atoms with Crippen LogP contribution in [0.15, 0.2) is 0 Å². The van der Waals surface area contributed by atoms with Crippen LogP contribution in [0.3, 0.4) is 0 Å². The van der Waals surface area contributed by atoms with Crippen molar-refractivity contribution in [3.63, 3.8) is 0 Å². The summed E-state index contributed by atoms with van der Waals surface area (Å²) in [6, 6.07) is -0.295. The molecule has 1 aliphatic rings. The van der Waals surface area contributed by atoms with E-state index in [0.717, 1.165) is 19.4 Å². The van der Waals surface area contributed by atoms with Crippen molar-refractivity contribution >= 4 is 5.91 Å². The molecule has 64 valence electrons. The summed E-state index contributed by atoms with van der Waals surface area (Å²) in [7, 11) is 0. The number of nitrogens with one attached hydrogen (secondary N) is 1. The van der Waals surface area contributed by atoms with Gasteiger partial charge in [0.2, 0.25) is 5.91 Å². The van der Waals surface area contributed by atoms with E-state index in [1.807, 2.05) is 0 Å². The Bertz CT molecular complexity index is 165. The van der Waals surface area contributed by atoms with Gasteiger partial charge in [0.05, 0.1) is 6.04 Å². The van der Waals surface area contributed by atoms with E-state index in [0.29, 0.717) is 0 Å². The maximum atomic E-state index is 11.1. The summed E-state index contributed by atoms with van der Waals surface area (Å²) in [5, 5.41) is 2.82. The van der Waals surface area contributed by atoms with E-state index in [1.165, 1.54) is 0 Å². The van der Waals surface area contributed by atoms with Crippen molar-refractivity contribution in [1.82, 2.24) is 5.32 Å². The van der Waals surface area contributed by atoms with Crippen LogP contribution in [0.25, 0.3) is 0 Å². The first-order valence-corrected chi connectivity index (χ1v) is 4.05. The molecule has 0 aromatic carbocycles. The van der Waals surface area contributed by atoms with Crippen LogP contribution in [-0.4, -0.2) is 18.5 Å². The van der Waals surface area contributed by atoms with Crippen molar-refractivity contribution < 1.29 is 4.79 Å².